The first-order valence-corrected chi connectivity index (χ1v) is 7.32. The molecule has 20 heavy (non-hydrogen) atoms. The first kappa shape index (κ1) is 15.0. The summed E-state index contributed by atoms with van der Waals surface area (Å²) in [4.78, 5) is 11.8. The van der Waals surface area contributed by atoms with Crippen molar-refractivity contribution >= 4 is 5.97 Å². The van der Waals surface area contributed by atoms with Crippen LogP contribution in [0.2, 0.25) is 0 Å². The van der Waals surface area contributed by atoms with E-state index >= 15 is 0 Å². The van der Waals surface area contributed by atoms with Crippen LogP contribution in [-0.4, -0.2) is 31.8 Å². The van der Waals surface area contributed by atoms with Gasteiger partial charge < -0.3 is 14.8 Å². The Morgan fingerprint density at radius 3 is 2.70 bits per heavy atom. The number of carbonyl (C=O) groups is 1. The van der Waals surface area contributed by atoms with Gasteiger partial charge >= 0.3 is 5.97 Å². The lowest BCUT2D eigenvalue weighted by Crippen LogP contribution is -2.32. The number of ether oxygens (including phenoxy) is 2. The molecule has 0 aromatic heterocycles. The lowest BCUT2D eigenvalue weighted by molar-refractivity contribution is -0.150. The maximum Gasteiger partial charge on any atom is 0.308 e. The second kappa shape index (κ2) is 8.02. The third-order valence-corrected chi connectivity index (χ3v) is 3.52. The molecule has 1 saturated heterocycles. The van der Waals surface area contributed by atoms with Crippen LogP contribution in [0.4, 0.5) is 0 Å². The summed E-state index contributed by atoms with van der Waals surface area (Å²) in [6.45, 7) is 4.34. The van der Waals surface area contributed by atoms with Crippen molar-refractivity contribution < 1.29 is 14.3 Å². The topological polar surface area (TPSA) is 47.6 Å². The van der Waals surface area contributed by atoms with Crippen LogP contribution < -0.4 is 5.32 Å². The number of nitrogens with one attached hydrogen (secondary N) is 1. The maximum absolute atomic E-state index is 11.8. The Morgan fingerprint density at radius 2 is 2.00 bits per heavy atom. The van der Waals surface area contributed by atoms with E-state index in [2.05, 4.69) is 5.32 Å². The minimum absolute atomic E-state index is 0.199. The summed E-state index contributed by atoms with van der Waals surface area (Å²) in [5.74, 6) is -0.199. The molecular formula is C16H23NO3. The molecule has 4 heteroatoms. The van der Waals surface area contributed by atoms with E-state index in [0.29, 0.717) is 13.0 Å². The molecule has 1 heterocycles. The summed E-state index contributed by atoms with van der Waals surface area (Å²) >= 11 is 0. The van der Waals surface area contributed by atoms with Gasteiger partial charge in [0.1, 0.15) is 6.10 Å². The van der Waals surface area contributed by atoms with Crippen LogP contribution in [0.1, 0.15) is 37.9 Å². The summed E-state index contributed by atoms with van der Waals surface area (Å²) in [6, 6.07) is 9.76. The average molecular weight is 277 g/mol. The predicted molar refractivity (Wildman–Crippen MR) is 77.4 cm³/mol. The van der Waals surface area contributed by atoms with Crippen molar-refractivity contribution in [2.45, 2.75) is 38.4 Å². The molecule has 0 bridgehead atoms. The summed E-state index contributed by atoms with van der Waals surface area (Å²) < 4.78 is 11.1. The summed E-state index contributed by atoms with van der Waals surface area (Å²) in [7, 11) is 0. The van der Waals surface area contributed by atoms with E-state index < -0.39 is 0 Å². The highest BCUT2D eigenvalue weighted by atomic mass is 16.5. The molecule has 1 unspecified atom stereocenters. The van der Waals surface area contributed by atoms with Gasteiger partial charge in [0.15, 0.2) is 0 Å². The fourth-order valence-electron chi connectivity index (χ4n) is 2.32. The van der Waals surface area contributed by atoms with Crippen LogP contribution in [0, 0.1) is 0 Å². The third-order valence-electron chi connectivity index (χ3n) is 3.52. The van der Waals surface area contributed by atoms with Crippen LogP contribution in [0.25, 0.3) is 0 Å². The first-order chi connectivity index (χ1) is 9.75. The predicted octanol–water partition coefficient (Wildman–Crippen LogP) is 2.45. The third kappa shape index (κ3) is 4.94. The van der Waals surface area contributed by atoms with Crippen LogP contribution in [0.5, 0.6) is 0 Å². The van der Waals surface area contributed by atoms with E-state index in [1.165, 1.54) is 0 Å². The van der Waals surface area contributed by atoms with Gasteiger partial charge in [0, 0.05) is 0 Å². The number of rotatable bonds is 6. The molecule has 1 fully saturated rings. The van der Waals surface area contributed by atoms with Crippen molar-refractivity contribution in [1.82, 2.24) is 5.32 Å². The number of piperidine rings is 1. The summed E-state index contributed by atoms with van der Waals surface area (Å²) in [6.07, 6.45) is 2.45. The zero-order valence-corrected chi connectivity index (χ0v) is 12.0. The molecule has 0 amide bonds. The van der Waals surface area contributed by atoms with Crippen molar-refractivity contribution in [2.24, 2.45) is 0 Å². The largest absolute Gasteiger partial charge is 0.458 e. The summed E-state index contributed by atoms with van der Waals surface area (Å²) in [5.41, 5.74) is 1.01. The van der Waals surface area contributed by atoms with Gasteiger partial charge in [-0.25, -0.2) is 0 Å². The van der Waals surface area contributed by atoms with Crippen molar-refractivity contribution in [3.8, 4) is 0 Å². The zero-order chi connectivity index (χ0) is 14.2. The zero-order valence-electron chi connectivity index (χ0n) is 12.0. The minimum atomic E-state index is -0.206. The van der Waals surface area contributed by atoms with Gasteiger partial charge in [0.05, 0.1) is 19.1 Å². The highest BCUT2D eigenvalue weighted by molar-refractivity contribution is 5.69. The highest BCUT2D eigenvalue weighted by Crippen LogP contribution is 2.16. The number of benzene rings is 1. The van der Waals surface area contributed by atoms with E-state index in [0.717, 1.165) is 31.5 Å². The van der Waals surface area contributed by atoms with Gasteiger partial charge in [-0.05, 0) is 38.4 Å². The van der Waals surface area contributed by atoms with Gasteiger partial charge in [-0.15, -0.1) is 0 Å². The molecule has 1 aromatic rings. The van der Waals surface area contributed by atoms with Crippen LogP contribution >= 0.6 is 0 Å². The second-order valence-electron chi connectivity index (χ2n) is 5.11. The Labute approximate surface area is 120 Å². The fourth-order valence-corrected chi connectivity index (χ4v) is 2.32. The first-order valence-electron chi connectivity index (χ1n) is 7.32. The molecule has 1 aromatic carbocycles. The molecule has 1 aliphatic heterocycles. The van der Waals surface area contributed by atoms with E-state index in [4.69, 9.17) is 9.47 Å². The Kier molecular flexibility index (Phi) is 6.02. The Hall–Kier alpha value is -1.39. The van der Waals surface area contributed by atoms with Gasteiger partial charge in [0.25, 0.3) is 0 Å². The number of esters is 1. The van der Waals surface area contributed by atoms with Gasteiger partial charge in [-0.2, -0.15) is 0 Å². The lowest BCUT2D eigenvalue weighted by atomic mass is 10.1. The molecule has 1 aliphatic rings. The van der Waals surface area contributed by atoms with Gasteiger partial charge in [-0.3, -0.25) is 4.79 Å². The van der Waals surface area contributed by atoms with Crippen LogP contribution in [0.3, 0.4) is 0 Å². The van der Waals surface area contributed by atoms with Crippen molar-refractivity contribution in [2.75, 3.05) is 19.7 Å². The normalized spacial score (nSPS) is 17.6. The molecule has 2 rings (SSSR count). The Balaban J connectivity index is 1.65. The molecule has 0 saturated carbocycles. The Morgan fingerprint density at radius 1 is 1.30 bits per heavy atom. The molecule has 0 aliphatic carbocycles. The molecule has 110 valence electrons. The summed E-state index contributed by atoms with van der Waals surface area (Å²) in [5, 5.41) is 3.29. The SMILES string of the molecule is CC(OC(=O)CCOC1CCNCC1)c1ccccc1. The lowest BCUT2D eigenvalue weighted by Gasteiger charge is -2.22. The number of hydrogen-bond acceptors (Lipinski definition) is 4. The number of hydrogen-bond donors (Lipinski definition) is 1. The number of carbonyl (C=O) groups excluding carboxylic acids is 1. The fraction of sp³-hybridized carbons (Fsp3) is 0.562. The minimum Gasteiger partial charge on any atom is -0.458 e. The van der Waals surface area contributed by atoms with Crippen molar-refractivity contribution in [1.29, 1.82) is 0 Å². The second-order valence-corrected chi connectivity index (χ2v) is 5.11. The molecule has 0 radical (unpaired) electrons. The van der Waals surface area contributed by atoms with Crippen LogP contribution in [0.15, 0.2) is 30.3 Å². The molecule has 1 atom stereocenters. The Bertz CT molecular complexity index is 401. The maximum atomic E-state index is 11.8. The quantitative estimate of drug-likeness (QED) is 0.811. The average Bonchev–Trinajstić information content (AvgIpc) is 2.49. The van der Waals surface area contributed by atoms with E-state index in [9.17, 15) is 4.79 Å². The van der Waals surface area contributed by atoms with Gasteiger partial charge in [0.2, 0.25) is 0 Å². The highest BCUT2D eigenvalue weighted by Gasteiger charge is 2.15. The molecular weight excluding hydrogens is 254 g/mol. The monoisotopic (exact) mass is 277 g/mol. The molecule has 1 N–H and O–H groups in total. The smallest absolute Gasteiger partial charge is 0.308 e. The van der Waals surface area contributed by atoms with Crippen LogP contribution in [-0.2, 0) is 14.3 Å². The van der Waals surface area contributed by atoms with Gasteiger partial charge in [-0.1, -0.05) is 30.3 Å². The molecule has 4 nitrogen and oxygen atoms in total. The van der Waals surface area contributed by atoms with E-state index in [-0.39, 0.29) is 18.2 Å². The van der Waals surface area contributed by atoms with Crippen molar-refractivity contribution in [3.05, 3.63) is 35.9 Å². The standard InChI is InChI=1S/C16H23NO3/c1-13(14-5-3-2-4-6-14)20-16(18)9-12-19-15-7-10-17-11-8-15/h2-6,13,15,17H,7-12H2,1H3. The molecule has 0 spiro atoms. The van der Waals surface area contributed by atoms with E-state index in [1.54, 1.807) is 0 Å². The van der Waals surface area contributed by atoms with Crippen molar-refractivity contribution in [3.63, 3.8) is 0 Å². The van der Waals surface area contributed by atoms with E-state index in [1.807, 2.05) is 37.3 Å².